The van der Waals surface area contributed by atoms with Gasteiger partial charge in [0.2, 0.25) is 5.76 Å². The molecule has 0 saturated carbocycles. The third-order valence-corrected chi connectivity index (χ3v) is 3.28. The molecule has 0 unspecified atom stereocenters. The standard InChI is InChI=1S/C15H14ClNO4/c16-11-6-2-1-4-10(11)5-3-9-17-14(18)12-7-8-13(21-12)15(19)20/h1-2,4,6-8H,3,5,9H2,(H,17,18)(H,19,20). The summed E-state index contributed by atoms with van der Waals surface area (Å²) < 4.78 is 4.91. The van der Waals surface area contributed by atoms with Crippen molar-refractivity contribution in [2.45, 2.75) is 12.8 Å². The number of hydrogen-bond donors (Lipinski definition) is 2. The first-order valence-corrected chi connectivity index (χ1v) is 6.80. The zero-order chi connectivity index (χ0) is 15.2. The number of benzene rings is 1. The first kappa shape index (κ1) is 15.1. The lowest BCUT2D eigenvalue weighted by Gasteiger charge is -2.05. The van der Waals surface area contributed by atoms with Gasteiger partial charge < -0.3 is 14.8 Å². The minimum atomic E-state index is -1.20. The Morgan fingerprint density at radius 2 is 1.86 bits per heavy atom. The Kier molecular flexibility index (Phi) is 5.00. The molecule has 6 heteroatoms. The van der Waals surface area contributed by atoms with Crippen LogP contribution in [0.3, 0.4) is 0 Å². The molecule has 0 aliphatic heterocycles. The summed E-state index contributed by atoms with van der Waals surface area (Å²) in [6.45, 7) is 0.452. The smallest absolute Gasteiger partial charge is 0.371 e. The van der Waals surface area contributed by atoms with Gasteiger partial charge in [0.05, 0.1) is 0 Å². The van der Waals surface area contributed by atoms with Crippen LogP contribution in [0.25, 0.3) is 0 Å². The Labute approximate surface area is 126 Å². The molecule has 2 rings (SSSR count). The van der Waals surface area contributed by atoms with Gasteiger partial charge in [0, 0.05) is 11.6 Å². The van der Waals surface area contributed by atoms with Crippen LogP contribution >= 0.6 is 11.6 Å². The fraction of sp³-hybridized carbons (Fsp3) is 0.200. The molecule has 1 heterocycles. The fourth-order valence-electron chi connectivity index (χ4n) is 1.84. The lowest BCUT2D eigenvalue weighted by atomic mass is 10.1. The van der Waals surface area contributed by atoms with E-state index in [9.17, 15) is 9.59 Å². The molecule has 21 heavy (non-hydrogen) atoms. The Morgan fingerprint density at radius 1 is 1.14 bits per heavy atom. The Bertz CT molecular complexity index is 651. The molecule has 110 valence electrons. The van der Waals surface area contributed by atoms with E-state index in [0.717, 1.165) is 18.4 Å². The molecule has 1 aromatic carbocycles. The van der Waals surface area contributed by atoms with Crippen molar-refractivity contribution in [3.63, 3.8) is 0 Å². The third kappa shape index (κ3) is 4.10. The van der Waals surface area contributed by atoms with Gasteiger partial charge in [0.1, 0.15) is 0 Å². The molecule has 2 aromatic rings. The van der Waals surface area contributed by atoms with Crippen molar-refractivity contribution in [3.05, 3.63) is 58.5 Å². The summed E-state index contributed by atoms with van der Waals surface area (Å²) in [6, 6.07) is 10.1. The van der Waals surface area contributed by atoms with Gasteiger partial charge in [-0.05, 0) is 36.6 Å². The summed E-state index contributed by atoms with van der Waals surface area (Å²) in [5.41, 5.74) is 1.03. The van der Waals surface area contributed by atoms with Crippen LogP contribution in [0.5, 0.6) is 0 Å². The number of aromatic carboxylic acids is 1. The van der Waals surface area contributed by atoms with E-state index in [4.69, 9.17) is 21.1 Å². The van der Waals surface area contributed by atoms with Crippen molar-refractivity contribution in [2.24, 2.45) is 0 Å². The van der Waals surface area contributed by atoms with Gasteiger partial charge in [0.25, 0.3) is 5.91 Å². The zero-order valence-corrected chi connectivity index (χ0v) is 11.9. The van der Waals surface area contributed by atoms with Gasteiger partial charge >= 0.3 is 5.97 Å². The number of hydrogen-bond acceptors (Lipinski definition) is 3. The number of carbonyl (C=O) groups excluding carboxylic acids is 1. The molecule has 1 aromatic heterocycles. The molecule has 0 aliphatic carbocycles. The predicted octanol–water partition coefficient (Wildman–Crippen LogP) is 2.99. The highest BCUT2D eigenvalue weighted by atomic mass is 35.5. The minimum absolute atomic E-state index is 0.00913. The second-order valence-corrected chi connectivity index (χ2v) is 4.83. The first-order valence-electron chi connectivity index (χ1n) is 6.42. The zero-order valence-electron chi connectivity index (χ0n) is 11.1. The van der Waals surface area contributed by atoms with E-state index in [2.05, 4.69) is 5.32 Å². The summed E-state index contributed by atoms with van der Waals surface area (Å²) >= 11 is 6.04. The molecule has 2 N–H and O–H groups in total. The molecule has 0 atom stereocenters. The molecule has 0 saturated heterocycles. The molecular formula is C15H14ClNO4. The molecule has 0 aliphatic rings. The summed E-state index contributed by atoms with van der Waals surface area (Å²) in [5, 5.41) is 12.1. The highest BCUT2D eigenvalue weighted by Crippen LogP contribution is 2.16. The van der Waals surface area contributed by atoms with Gasteiger partial charge in [-0.15, -0.1) is 0 Å². The number of nitrogens with one attached hydrogen (secondary N) is 1. The number of furan rings is 1. The molecule has 1 amide bonds. The first-order chi connectivity index (χ1) is 10.1. The monoisotopic (exact) mass is 307 g/mol. The van der Waals surface area contributed by atoms with Crippen LogP contribution in [-0.2, 0) is 6.42 Å². The third-order valence-electron chi connectivity index (χ3n) is 2.91. The molecule has 0 radical (unpaired) electrons. The SMILES string of the molecule is O=C(O)c1ccc(C(=O)NCCCc2ccccc2Cl)o1. The van der Waals surface area contributed by atoms with Crippen molar-refractivity contribution < 1.29 is 19.1 Å². The molecule has 0 spiro atoms. The van der Waals surface area contributed by atoms with Gasteiger partial charge in [-0.25, -0.2) is 4.79 Å². The van der Waals surface area contributed by atoms with E-state index in [0.29, 0.717) is 11.6 Å². The average molecular weight is 308 g/mol. The lowest BCUT2D eigenvalue weighted by Crippen LogP contribution is -2.24. The average Bonchev–Trinajstić information content (AvgIpc) is 2.95. The van der Waals surface area contributed by atoms with E-state index >= 15 is 0 Å². The van der Waals surface area contributed by atoms with Crippen molar-refractivity contribution in [2.75, 3.05) is 6.54 Å². The van der Waals surface area contributed by atoms with Crippen molar-refractivity contribution in [1.82, 2.24) is 5.32 Å². The number of carbonyl (C=O) groups is 2. The van der Waals surface area contributed by atoms with Crippen LogP contribution in [0.15, 0.2) is 40.8 Å². The maximum atomic E-state index is 11.7. The van der Waals surface area contributed by atoms with Gasteiger partial charge in [-0.3, -0.25) is 4.79 Å². The van der Waals surface area contributed by atoms with Crippen LogP contribution in [0, 0.1) is 0 Å². The number of carboxylic acids is 1. The largest absolute Gasteiger partial charge is 0.475 e. The number of amides is 1. The Balaban J connectivity index is 1.79. The predicted molar refractivity (Wildman–Crippen MR) is 77.8 cm³/mol. The molecule has 5 nitrogen and oxygen atoms in total. The van der Waals surface area contributed by atoms with Gasteiger partial charge in [-0.1, -0.05) is 29.8 Å². The second kappa shape index (κ2) is 6.95. The molecular weight excluding hydrogens is 294 g/mol. The van der Waals surface area contributed by atoms with E-state index < -0.39 is 11.9 Å². The van der Waals surface area contributed by atoms with Crippen LogP contribution in [0.1, 0.15) is 33.1 Å². The summed E-state index contributed by atoms with van der Waals surface area (Å²) in [4.78, 5) is 22.4. The number of halogens is 1. The topological polar surface area (TPSA) is 79.5 Å². The van der Waals surface area contributed by atoms with E-state index in [1.54, 1.807) is 0 Å². The quantitative estimate of drug-likeness (QED) is 0.804. The Hall–Kier alpha value is -2.27. The number of aryl methyl sites for hydroxylation is 1. The summed E-state index contributed by atoms with van der Waals surface area (Å²) in [6.07, 6.45) is 1.47. The second-order valence-electron chi connectivity index (χ2n) is 4.42. The van der Waals surface area contributed by atoms with Crippen molar-refractivity contribution in [1.29, 1.82) is 0 Å². The van der Waals surface area contributed by atoms with E-state index in [-0.39, 0.29) is 11.5 Å². The fourth-order valence-corrected chi connectivity index (χ4v) is 2.07. The summed E-state index contributed by atoms with van der Waals surface area (Å²) in [7, 11) is 0. The van der Waals surface area contributed by atoms with Crippen LogP contribution in [0.4, 0.5) is 0 Å². The maximum absolute atomic E-state index is 11.7. The molecule has 0 bridgehead atoms. The highest BCUT2D eigenvalue weighted by Gasteiger charge is 2.14. The van der Waals surface area contributed by atoms with Crippen LogP contribution in [-0.4, -0.2) is 23.5 Å². The lowest BCUT2D eigenvalue weighted by molar-refractivity contribution is 0.0659. The maximum Gasteiger partial charge on any atom is 0.371 e. The van der Waals surface area contributed by atoms with Crippen molar-refractivity contribution in [3.8, 4) is 0 Å². The van der Waals surface area contributed by atoms with Crippen molar-refractivity contribution >= 4 is 23.5 Å². The number of rotatable bonds is 6. The van der Waals surface area contributed by atoms with E-state index in [1.165, 1.54) is 12.1 Å². The van der Waals surface area contributed by atoms with E-state index in [1.807, 2.05) is 24.3 Å². The normalized spacial score (nSPS) is 10.3. The summed E-state index contributed by atoms with van der Waals surface area (Å²) in [5.74, 6) is -1.89. The Morgan fingerprint density at radius 3 is 2.52 bits per heavy atom. The molecule has 0 fully saturated rings. The van der Waals surface area contributed by atoms with Gasteiger partial charge in [-0.2, -0.15) is 0 Å². The number of carboxylic acid groups (broad SMARTS) is 1. The minimum Gasteiger partial charge on any atom is -0.475 e. The highest BCUT2D eigenvalue weighted by molar-refractivity contribution is 6.31. The van der Waals surface area contributed by atoms with Gasteiger partial charge in [0.15, 0.2) is 5.76 Å². The van der Waals surface area contributed by atoms with Crippen LogP contribution in [0.2, 0.25) is 5.02 Å². The van der Waals surface area contributed by atoms with Crippen LogP contribution < -0.4 is 5.32 Å².